The first-order valence-electron chi connectivity index (χ1n) is 6.52. The van der Waals surface area contributed by atoms with E-state index in [2.05, 4.69) is 0 Å². The molecule has 19 heavy (non-hydrogen) atoms. The van der Waals surface area contributed by atoms with Gasteiger partial charge in [-0.25, -0.2) is 9.59 Å². The van der Waals surface area contributed by atoms with E-state index < -0.39 is 11.9 Å². The summed E-state index contributed by atoms with van der Waals surface area (Å²) in [5, 5.41) is 0. The minimum absolute atomic E-state index is 0.187. The zero-order valence-electron chi connectivity index (χ0n) is 11.6. The third-order valence-electron chi connectivity index (χ3n) is 2.41. The molecule has 0 saturated carbocycles. The molecule has 0 heterocycles. The van der Waals surface area contributed by atoms with Crippen LogP contribution in [0.3, 0.4) is 0 Å². The fourth-order valence-corrected chi connectivity index (χ4v) is 1.45. The van der Waals surface area contributed by atoms with Crippen LogP contribution in [0.25, 0.3) is 0 Å². The Morgan fingerprint density at radius 3 is 2.37 bits per heavy atom. The highest BCUT2D eigenvalue weighted by Crippen LogP contribution is 2.09. The molecule has 104 valence electrons. The molecule has 1 rings (SSSR count). The Morgan fingerprint density at radius 2 is 1.79 bits per heavy atom. The lowest BCUT2D eigenvalue weighted by atomic mass is 10.1. The van der Waals surface area contributed by atoms with Crippen molar-refractivity contribution in [3.63, 3.8) is 0 Å². The molecule has 0 unspecified atom stereocenters. The van der Waals surface area contributed by atoms with E-state index in [1.165, 1.54) is 6.07 Å². The second-order valence-electron chi connectivity index (χ2n) is 4.52. The maximum absolute atomic E-state index is 11.7. The predicted molar refractivity (Wildman–Crippen MR) is 72.2 cm³/mol. The van der Waals surface area contributed by atoms with Crippen LogP contribution in [0, 0.1) is 0 Å². The Morgan fingerprint density at radius 1 is 1.16 bits per heavy atom. The molecule has 0 aliphatic heterocycles. The van der Waals surface area contributed by atoms with Gasteiger partial charge in [0.2, 0.25) is 0 Å². The third-order valence-corrected chi connectivity index (χ3v) is 2.41. The van der Waals surface area contributed by atoms with E-state index in [1.807, 2.05) is 6.92 Å². The Hall–Kier alpha value is -1.84. The monoisotopic (exact) mass is 264 g/mol. The number of hydrogen-bond acceptors (Lipinski definition) is 4. The molecule has 1 aromatic rings. The van der Waals surface area contributed by atoms with Crippen LogP contribution in [-0.2, 0) is 9.47 Å². The van der Waals surface area contributed by atoms with Crippen LogP contribution in [0.4, 0.5) is 0 Å². The largest absolute Gasteiger partial charge is 0.462 e. The molecule has 0 aromatic heterocycles. The van der Waals surface area contributed by atoms with Gasteiger partial charge < -0.3 is 9.47 Å². The van der Waals surface area contributed by atoms with E-state index in [0.29, 0.717) is 17.7 Å². The SMILES string of the molecule is CCCCOC(=O)c1cccc(C(=O)OC(C)C)c1. The molecule has 0 bridgehead atoms. The minimum atomic E-state index is -0.432. The van der Waals surface area contributed by atoms with Gasteiger partial charge in [-0.2, -0.15) is 0 Å². The zero-order chi connectivity index (χ0) is 14.3. The standard InChI is InChI=1S/C15H20O4/c1-4-5-9-18-14(16)12-7-6-8-13(10-12)15(17)19-11(2)3/h6-8,10-11H,4-5,9H2,1-3H3. The molecule has 1 aromatic carbocycles. The fraction of sp³-hybridized carbons (Fsp3) is 0.467. The zero-order valence-corrected chi connectivity index (χ0v) is 11.6. The molecular formula is C15H20O4. The summed E-state index contributed by atoms with van der Waals surface area (Å²) in [7, 11) is 0. The summed E-state index contributed by atoms with van der Waals surface area (Å²) >= 11 is 0. The Labute approximate surface area is 113 Å². The number of ether oxygens (including phenoxy) is 2. The molecule has 0 amide bonds. The summed E-state index contributed by atoms with van der Waals surface area (Å²) in [6.07, 6.45) is 1.61. The molecule has 0 spiro atoms. The van der Waals surface area contributed by atoms with Crippen molar-refractivity contribution in [2.75, 3.05) is 6.61 Å². The van der Waals surface area contributed by atoms with Gasteiger partial charge in [0.1, 0.15) is 0 Å². The second-order valence-corrected chi connectivity index (χ2v) is 4.52. The van der Waals surface area contributed by atoms with E-state index >= 15 is 0 Å². The average molecular weight is 264 g/mol. The number of unbranched alkanes of at least 4 members (excludes halogenated alkanes) is 1. The number of carbonyl (C=O) groups is 2. The van der Waals surface area contributed by atoms with Gasteiger partial charge in [0.05, 0.1) is 23.8 Å². The minimum Gasteiger partial charge on any atom is -0.462 e. The summed E-state index contributed by atoms with van der Waals surface area (Å²) < 4.78 is 10.2. The van der Waals surface area contributed by atoms with Crippen LogP contribution in [0.15, 0.2) is 24.3 Å². The van der Waals surface area contributed by atoms with Gasteiger partial charge in [0, 0.05) is 0 Å². The maximum Gasteiger partial charge on any atom is 0.338 e. The molecule has 0 aliphatic carbocycles. The van der Waals surface area contributed by atoms with Gasteiger partial charge >= 0.3 is 11.9 Å². The predicted octanol–water partition coefficient (Wildman–Crippen LogP) is 3.21. The van der Waals surface area contributed by atoms with Crippen LogP contribution >= 0.6 is 0 Å². The first-order valence-corrected chi connectivity index (χ1v) is 6.52. The van der Waals surface area contributed by atoms with Crippen LogP contribution in [0.5, 0.6) is 0 Å². The van der Waals surface area contributed by atoms with Gasteiger partial charge in [-0.15, -0.1) is 0 Å². The Bertz CT molecular complexity index is 438. The lowest BCUT2D eigenvalue weighted by Gasteiger charge is -2.09. The topological polar surface area (TPSA) is 52.6 Å². The normalized spacial score (nSPS) is 10.3. The molecule has 0 atom stereocenters. The van der Waals surface area contributed by atoms with Crippen molar-refractivity contribution in [1.29, 1.82) is 0 Å². The summed E-state index contributed by atoms with van der Waals surface area (Å²) in [4.78, 5) is 23.5. The number of hydrogen-bond donors (Lipinski definition) is 0. The molecule has 0 aliphatic rings. The van der Waals surface area contributed by atoms with Crippen molar-refractivity contribution in [3.05, 3.63) is 35.4 Å². The van der Waals surface area contributed by atoms with Crippen LogP contribution in [0.1, 0.15) is 54.3 Å². The summed E-state index contributed by atoms with van der Waals surface area (Å²) in [6.45, 7) is 5.98. The quantitative estimate of drug-likeness (QED) is 0.585. The fourth-order valence-electron chi connectivity index (χ4n) is 1.45. The molecule has 4 heteroatoms. The van der Waals surface area contributed by atoms with Crippen molar-refractivity contribution in [3.8, 4) is 0 Å². The van der Waals surface area contributed by atoms with E-state index in [4.69, 9.17) is 9.47 Å². The van der Waals surface area contributed by atoms with Crippen molar-refractivity contribution in [2.24, 2.45) is 0 Å². The molecule has 0 N–H and O–H groups in total. The van der Waals surface area contributed by atoms with Crippen molar-refractivity contribution < 1.29 is 19.1 Å². The highest BCUT2D eigenvalue weighted by molar-refractivity contribution is 5.95. The lowest BCUT2D eigenvalue weighted by molar-refractivity contribution is 0.0378. The number of esters is 2. The number of benzene rings is 1. The number of carbonyl (C=O) groups excluding carboxylic acids is 2. The van der Waals surface area contributed by atoms with Crippen molar-refractivity contribution >= 4 is 11.9 Å². The third kappa shape index (κ3) is 5.12. The maximum atomic E-state index is 11.7. The summed E-state index contributed by atoms with van der Waals surface area (Å²) in [6, 6.07) is 6.39. The Balaban J connectivity index is 2.71. The second kappa shape index (κ2) is 7.56. The van der Waals surface area contributed by atoms with Gasteiger partial charge in [-0.3, -0.25) is 0 Å². The van der Waals surface area contributed by atoms with Crippen molar-refractivity contribution in [1.82, 2.24) is 0 Å². The molecule has 0 fully saturated rings. The van der Waals surface area contributed by atoms with Crippen LogP contribution in [-0.4, -0.2) is 24.6 Å². The molecule has 0 radical (unpaired) electrons. The van der Waals surface area contributed by atoms with Crippen molar-refractivity contribution in [2.45, 2.75) is 39.7 Å². The average Bonchev–Trinajstić information content (AvgIpc) is 2.38. The first kappa shape index (κ1) is 15.2. The van der Waals surface area contributed by atoms with Gasteiger partial charge in [0.25, 0.3) is 0 Å². The first-order chi connectivity index (χ1) is 9.04. The van der Waals surface area contributed by atoms with E-state index in [-0.39, 0.29) is 6.10 Å². The molecular weight excluding hydrogens is 244 g/mol. The van der Waals surface area contributed by atoms with E-state index in [9.17, 15) is 9.59 Å². The molecule has 4 nitrogen and oxygen atoms in total. The summed E-state index contributed by atoms with van der Waals surface area (Å²) in [5.41, 5.74) is 0.730. The van der Waals surface area contributed by atoms with Crippen LogP contribution < -0.4 is 0 Å². The van der Waals surface area contributed by atoms with E-state index in [1.54, 1.807) is 32.0 Å². The molecule has 0 saturated heterocycles. The van der Waals surface area contributed by atoms with E-state index in [0.717, 1.165) is 12.8 Å². The highest BCUT2D eigenvalue weighted by atomic mass is 16.5. The highest BCUT2D eigenvalue weighted by Gasteiger charge is 2.13. The smallest absolute Gasteiger partial charge is 0.338 e. The number of rotatable bonds is 6. The Kier molecular flexibility index (Phi) is 6.06. The summed E-state index contributed by atoms with van der Waals surface area (Å²) in [5.74, 6) is -0.842. The van der Waals surface area contributed by atoms with Gasteiger partial charge in [0.15, 0.2) is 0 Å². The van der Waals surface area contributed by atoms with Gasteiger partial charge in [-0.05, 0) is 38.5 Å². The lowest BCUT2D eigenvalue weighted by Crippen LogP contribution is -2.13. The van der Waals surface area contributed by atoms with Gasteiger partial charge in [-0.1, -0.05) is 19.4 Å². The van der Waals surface area contributed by atoms with Crippen LogP contribution in [0.2, 0.25) is 0 Å².